The van der Waals surface area contributed by atoms with E-state index in [4.69, 9.17) is 4.52 Å². The quantitative estimate of drug-likeness (QED) is 0.822. The molecule has 23 heavy (non-hydrogen) atoms. The molecule has 1 aromatic heterocycles. The van der Waals surface area contributed by atoms with Crippen LogP contribution in [-0.4, -0.2) is 76.1 Å². The first-order valence-corrected chi connectivity index (χ1v) is 8.64. The van der Waals surface area contributed by atoms with Gasteiger partial charge in [0.15, 0.2) is 5.82 Å². The van der Waals surface area contributed by atoms with Gasteiger partial charge >= 0.3 is 0 Å². The average Bonchev–Trinajstić information content (AvgIpc) is 3.23. The van der Waals surface area contributed by atoms with Crippen LogP contribution in [0.1, 0.15) is 44.9 Å². The summed E-state index contributed by atoms with van der Waals surface area (Å²) in [5, 5.41) is 4.00. The van der Waals surface area contributed by atoms with Crippen molar-refractivity contribution in [2.75, 3.05) is 39.3 Å². The summed E-state index contributed by atoms with van der Waals surface area (Å²) in [5.41, 5.74) is 0. The van der Waals surface area contributed by atoms with E-state index in [1.807, 2.05) is 11.8 Å². The van der Waals surface area contributed by atoms with E-state index in [-0.39, 0.29) is 11.9 Å². The van der Waals surface area contributed by atoms with Crippen LogP contribution in [0.3, 0.4) is 0 Å². The van der Waals surface area contributed by atoms with Gasteiger partial charge in [0.25, 0.3) is 0 Å². The number of amides is 1. The largest absolute Gasteiger partial charge is 0.340 e. The summed E-state index contributed by atoms with van der Waals surface area (Å²) in [5.74, 6) is 1.70. The van der Waals surface area contributed by atoms with Crippen LogP contribution in [0.5, 0.6) is 0 Å². The lowest BCUT2D eigenvalue weighted by Crippen LogP contribution is -2.52. The van der Waals surface area contributed by atoms with E-state index in [1.54, 1.807) is 6.92 Å². The molecule has 0 N–H and O–H groups in total. The number of likely N-dealkylation sites (tertiary alicyclic amines) is 1. The summed E-state index contributed by atoms with van der Waals surface area (Å²) in [4.78, 5) is 22.8. The Labute approximate surface area is 137 Å². The number of carbonyl (C=O) groups excluding carboxylic acids is 1. The van der Waals surface area contributed by atoms with Gasteiger partial charge in [-0.1, -0.05) is 12.1 Å². The van der Waals surface area contributed by atoms with Crippen LogP contribution in [-0.2, 0) is 11.2 Å². The number of hydrogen-bond donors (Lipinski definition) is 0. The summed E-state index contributed by atoms with van der Waals surface area (Å²) in [6, 6.07) is 0.742. The molecule has 1 aromatic rings. The zero-order valence-corrected chi connectivity index (χ0v) is 14.4. The Kier molecular flexibility index (Phi) is 4.96. The van der Waals surface area contributed by atoms with Gasteiger partial charge in [-0.15, -0.1) is 0 Å². The monoisotopic (exact) mass is 321 g/mol. The summed E-state index contributed by atoms with van der Waals surface area (Å²) in [6.45, 7) is 11.6. The normalized spacial score (nSPS) is 25.0. The highest BCUT2D eigenvalue weighted by molar-refractivity contribution is 5.73. The Bertz CT molecular complexity index is 538. The van der Waals surface area contributed by atoms with Crippen LogP contribution in [0.25, 0.3) is 0 Å². The highest BCUT2D eigenvalue weighted by atomic mass is 16.5. The van der Waals surface area contributed by atoms with Crippen LogP contribution in [0.15, 0.2) is 4.52 Å². The van der Waals surface area contributed by atoms with Crippen LogP contribution < -0.4 is 0 Å². The molecular weight excluding hydrogens is 294 g/mol. The van der Waals surface area contributed by atoms with Gasteiger partial charge in [-0.05, 0) is 13.3 Å². The van der Waals surface area contributed by atoms with Gasteiger partial charge in [0, 0.05) is 58.7 Å². The maximum atomic E-state index is 11.4. The average molecular weight is 321 g/mol. The molecule has 2 atom stereocenters. The Morgan fingerprint density at radius 3 is 2.65 bits per heavy atom. The van der Waals surface area contributed by atoms with E-state index in [0.717, 1.165) is 57.4 Å². The molecule has 0 radical (unpaired) electrons. The first kappa shape index (κ1) is 16.4. The van der Waals surface area contributed by atoms with E-state index in [9.17, 15) is 4.79 Å². The van der Waals surface area contributed by atoms with Gasteiger partial charge in [-0.3, -0.25) is 14.6 Å². The first-order chi connectivity index (χ1) is 11.1. The smallest absolute Gasteiger partial charge is 0.243 e. The highest BCUT2D eigenvalue weighted by Crippen LogP contribution is 2.26. The maximum absolute atomic E-state index is 11.4. The van der Waals surface area contributed by atoms with Crippen molar-refractivity contribution in [1.29, 1.82) is 0 Å². The summed E-state index contributed by atoms with van der Waals surface area (Å²) >= 11 is 0. The number of carbonyl (C=O) groups is 1. The number of piperazine rings is 1. The van der Waals surface area contributed by atoms with E-state index in [0.29, 0.717) is 6.04 Å². The van der Waals surface area contributed by atoms with Crippen molar-refractivity contribution in [3.63, 3.8) is 0 Å². The molecule has 0 saturated carbocycles. The predicted octanol–water partition coefficient (Wildman–Crippen LogP) is 0.931. The second kappa shape index (κ2) is 6.97. The Hall–Kier alpha value is -1.47. The molecule has 7 heteroatoms. The molecule has 1 amide bonds. The van der Waals surface area contributed by atoms with Gasteiger partial charge in [-0.2, -0.15) is 4.98 Å². The van der Waals surface area contributed by atoms with Crippen LogP contribution in [0.2, 0.25) is 0 Å². The van der Waals surface area contributed by atoms with E-state index in [1.165, 1.54) is 6.42 Å². The fraction of sp³-hybridized carbons (Fsp3) is 0.812. The number of aromatic nitrogens is 2. The predicted molar refractivity (Wildman–Crippen MR) is 85.9 cm³/mol. The minimum absolute atomic E-state index is 0.173. The van der Waals surface area contributed by atoms with Crippen LogP contribution in [0, 0.1) is 0 Å². The lowest BCUT2D eigenvalue weighted by molar-refractivity contribution is -0.130. The SMILES string of the molecule is CCc1noc(C(C)N2CCC(N3CCN(C(C)=O)CC3)C2)n1. The molecule has 0 aromatic carbocycles. The van der Waals surface area contributed by atoms with E-state index >= 15 is 0 Å². The molecule has 7 nitrogen and oxygen atoms in total. The molecule has 2 fully saturated rings. The number of aryl methyl sites for hydroxylation is 1. The Morgan fingerprint density at radius 2 is 2.04 bits per heavy atom. The van der Waals surface area contributed by atoms with Crippen molar-refractivity contribution >= 4 is 5.91 Å². The lowest BCUT2D eigenvalue weighted by atomic mass is 10.2. The third kappa shape index (κ3) is 3.55. The zero-order chi connectivity index (χ0) is 16.4. The third-order valence-electron chi connectivity index (χ3n) is 5.18. The first-order valence-electron chi connectivity index (χ1n) is 8.64. The number of rotatable bonds is 4. The second-order valence-electron chi connectivity index (χ2n) is 6.56. The summed E-state index contributed by atoms with van der Waals surface area (Å²) in [7, 11) is 0. The molecule has 3 heterocycles. The number of hydrogen-bond acceptors (Lipinski definition) is 6. The molecular formula is C16H27N5O2. The fourth-order valence-electron chi connectivity index (χ4n) is 3.56. The van der Waals surface area contributed by atoms with Gasteiger partial charge in [0.05, 0.1) is 6.04 Å². The van der Waals surface area contributed by atoms with Crippen LogP contribution >= 0.6 is 0 Å². The van der Waals surface area contributed by atoms with Crippen molar-refractivity contribution in [3.8, 4) is 0 Å². The standard InChI is InChI=1S/C16H27N5O2/c1-4-15-17-16(23-18-15)12(2)21-6-5-14(11-21)20-9-7-19(8-10-20)13(3)22/h12,14H,4-11H2,1-3H3. The zero-order valence-electron chi connectivity index (χ0n) is 14.4. The van der Waals surface area contributed by atoms with Crippen molar-refractivity contribution in [1.82, 2.24) is 24.8 Å². The molecule has 3 rings (SSSR count). The van der Waals surface area contributed by atoms with Gasteiger partial charge in [0.2, 0.25) is 11.8 Å². The molecule has 2 aliphatic heterocycles. The van der Waals surface area contributed by atoms with Crippen molar-refractivity contribution in [2.24, 2.45) is 0 Å². The lowest BCUT2D eigenvalue weighted by Gasteiger charge is -2.37. The highest BCUT2D eigenvalue weighted by Gasteiger charge is 2.34. The molecule has 2 saturated heterocycles. The van der Waals surface area contributed by atoms with E-state index in [2.05, 4.69) is 26.9 Å². The molecule has 0 aliphatic carbocycles. The second-order valence-corrected chi connectivity index (χ2v) is 6.56. The maximum Gasteiger partial charge on any atom is 0.243 e. The molecule has 2 aliphatic rings. The van der Waals surface area contributed by atoms with Gasteiger partial charge < -0.3 is 9.42 Å². The molecule has 0 bridgehead atoms. The Morgan fingerprint density at radius 1 is 1.30 bits per heavy atom. The van der Waals surface area contributed by atoms with Crippen LogP contribution in [0.4, 0.5) is 0 Å². The molecule has 0 spiro atoms. The van der Waals surface area contributed by atoms with Crippen molar-refractivity contribution < 1.29 is 9.32 Å². The van der Waals surface area contributed by atoms with Crippen molar-refractivity contribution in [3.05, 3.63) is 11.7 Å². The number of nitrogens with zero attached hydrogens (tertiary/aromatic N) is 5. The van der Waals surface area contributed by atoms with Gasteiger partial charge in [-0.25, -0.2) is 0 Å². The van der Waals surface area contributed by atoms with Gasteiger partial charge in [0.1, 0.15) is 0 Å². The fourth-order valence-corrected chi connectivity index (χ4v) is 3.56. The summed E-state index contributed by atoms with van der Waals surface area (Å²) < 4.78 is 5.39. The van der Waals surface area contributed by atoms with E-state index < -0.39 is 0 Å². The third-order valence-corrected chi connectivity index (χ3v) is 5.18. The van der Waals surface area contributed by atoms with Crippen molar-refractivity contribution in [2.45, 2.75) is 45.7 Å². The molecule has 128 valence electrons. The molecule has 2 unspecified atom stereocenters. The summed E-state index contributed by atoms with van der Waals surface area (Å²) in [6.07, 6.45) is 1.97. The topological polar surface area (TPSA) is 65.7 Å². The minimum Gasteiger partial charge on any atom is -0.340 e. The Balaban J connectivity index is 1.53. The minimum atomic E-state index is 0.173.